The number of hydrogen-bond acceptors (Lipinski definition) is 2. The summed E-state index contributed by atoms with van der Waals surface area (Å²) >= 11 is 0. The molecule has 0 amide bonds. The normalized spacial score (nSPS) is 10.8. The smallest absolute Gasteiger partial charge is 0.119 e. The number of benzene rings is 3. The van der Waals surface area contributed by atoms with Crippen molar-refractivity contribution in [3.63, 3.8) is 0 Å². The molecule has 4 rings (SSSR count). The summed E-state index contributed by atoms with van der Waals surface area (Å²) in [5, 5.41) is 0. The summed E-state index contributed by atoms with van der Waals surface area (Å²) in [6.07, 6.45) is 1.89. The molecule has 0 atom stereocenters. The molecule has 3 heteroatoms. The van der Waals surface area contributed by atoms with Gasteiger partial charge in [0.05, 0.1) is 17.4 Å². The summed E-state index contributed by atoms with van der Waals surface area (Å²) in [6, 6.07) is 26.6. The molecule has 118 valence electrons. The van der Waals surface area contributed by atoms with Crippen molar-refractivity contribution >= 4 is 11.0 Å². The highest BCUT2D eigenvalue weighted by Gasteiger charge is 2.03. The second-order valence-corrected chi connectivity index (χ2v) is 5.78. The van der Waals surface area contributed by atoms with Gasteiger partial charge in [0.1, 0.15) is 12.4 Å². The van der Waals surface area contributed by atoms with Crippen LogP contribution in [0.2, 0.25) is 0 Å². The number of hydrogen-bond donors (Lipinski definition) is 0. The molecule has 1 heterocycles. The standard InChI is InChI=1S/C21H18N2O/c1-2-6-18(7-3-1)15-24-19-12-10-17(11-13-19)14-23-16-22-20-8-4-5-9-21(20)23/h1-13,16H,14-15H2. The van der Waals surface area contributed by atoms with E-state index in [4.69, 9.17) is 4.74 Å². The molecule has 0 aliphatic rings. The number of imidazole rings is 1. The van der Waals surface area contributed by atoms with E-state index in [1.807, 2.05) is 54.9 Å². The molecule has 0 radical (unpaired) electrons. The summed E-state index contributed by atoms with van der Waals surface area (Å²) in [6.45, 7) is 1.39. The maximum atomic E-state index is 5.83. The summed E-state index contributed by atoms with van der Waals surface area (Å²) in [5.74, 6) is 0.887. The van der Waals surface area contributed by atoms with E-state index in [2.05, 4.69) is 39.9 Å². The highest BCUT2D eigenvalue weighted by molar-refractivity contribution is 5.75. The summed E-state index contributed by atoms with van der Waals surface area (Å²) < 4.78 is 8.00. The van der Waals surface area contributed by atoms with Crippen molar-refractivity contribution in [2.75, 3.05) is 0 Å². The zero-order valence-electron chi connectivity index (χ0n) is 13.3. The number of rotatable bonds is 5. The lowest BCUT2D eigenvalue weighted by molar-refractivity contribution is 0.306. The molecule has 0 N–H and O–H groups in total. The summed E-state index contributed by atoms with van der Waals surface area (Å²) in [7, 11) is 0. The molecule has 3 aromatic carbocycles. The molecule has 1 aromatic heterocycles. The van der Waals surface area contributed by atoms with Gasteiger partial charge in [-0.1, -0.05) is 54.6 Å². The molecule has 0 saturated heterocycles. The Morgan fingerprint density at radius 3 is 2.33 bits per heavy atom. The Kier molecular flexibility index (Phi) is 3.98. The van der Waals surface area contributed by atoms with Gasteiger partial charge < -0.3 is 9.30 Å². The predicted molar refractivity (Wildman–Crippen MR) is 96.1 cm³/mol. The average molecular weight is 314 g/mol. The third-order valence-electron chi connectivity index (χ3n) is 4.05. The van der Waals surface area contributed by atoms with Gasteiger partial charge in [0.25, 0.3) is 0 Å². The molecule has 0 fully saturated rings. The summed E-state index contributed by atoms with van der Waals surface area (Å²) in [5.41, 5.74) is 4.58. The van der Waals surface area contributed by atoms with Crippen LogP contribution in [0.25, 0.3) is 11.0 Å². The van der Waals surface area contributed by atoms with E-state index in [1.54, 1.807) is 0 Å². The van der Waals surface area contributed by atoms with Gasteiger partial charge in [-0.2, -0.15) is 0 Å². The van der Waals surface area contributed by atoms with Crippen LogP contribution in [0.3, 0.4) is 0 Å². The van der Waals surface area contributed by atoms with Crippen molar-refractivity contribution in [3.05, 3.63) is 96.3 Å². The largest absolute Gasteiger partial charge is 0.489 e. The first-order valence-electron chi connectivity index (χ1n) is 8.04. The van der Waals surface area contributed by atoms with Crippen LogP contribution in [-0.4, -0.2) is 9.55 Å². The molecule has 0 unspecified atom stereocenters. The first-order valence-corrected chi connectivity index (χ1v) is 8.04. The molecule has 3 nitrogen and oxygen atoms in total. The Morgan fingerprint density at radius 2 is 1.50 bits per heavy atom. The lowest BCUT2D eigenvalue weighted by Crippen LogP contribution is -1.98. The Hall–Kier alpha value is -3.07. The van der Waals surface area contributed by atoms with Crippen LogP contribution in [0.5, 0.6) is 5.75 Å². The fourth-order valence-electron chi connectivity index (χ4n) is 2.76. The van der Waals surface area contributed by atoms with Crippen molar-refractivity contribution in [2.24, 2.45) is 0 Å². The van der Waals surface area contributed by atoms with Crippen LogP contribution >= 0.6 is 0 Å². The Balaban J connectivity index is 1.44. The van der Waals surface area contributed by atoms with Crippen molar-refractivity contribution < 1.29 is 4.74 Å². The zero-order valence-corrected chi connectivity index (χ0v) is 13.3. The fourth-order valence-corrected chi connectivity index (χ4v) is 2.76. The van der Waals surface area contributed by atoms with Gasteiger partial charge in [-0.15, -0.1) is 0 Å². The van der Waals surface area contributed by atoms with Gasteiger partial charge in [0.2, 0.25) is 0 Å². The van der Waals surface area contributed by atoms with Crippen LogP contribution in [0.4, 0.5) is 0 Å². The highest BCUT2D eigenvalue weighted by Crippen LogP contribution is 2.17. The minimum absolute atomic E-state index is 0.590. The average Bonchev–Trinajstić information content (AvgIpc) is 3.05. The second-order valence-electron chi connectivity index (χ2n) is 5.78. The Morgan fingerprint density at radius 1 is 0.750 bits per heavy atom. The minimum Gasteiger partial charge on any atom is -0.489 e. The molecular formula is C21H18N2O. The lowest BCUT2D eigenvalue weighted by atomic mass is 10.2. The number of ether oxygens (including phenoxy) is 1. The number of nitrogens with zero attached hydrogens (tertiary/aromatic N) is 2. The maximum absolute atomic E-state index is 5.83. The quantitative estimate of drug-likeness (QED) is 0.535. The van der Waals surface area contributed by atoms with Gasteiger partial charge in [0.15, 0.2) is 0 Å². The van der Waals surface area contributed by atoms with Gasteiger partial charge in [-0.3, -0.25) is 0 Å². The maximum Gasteiger partial charge on any atom is 0.119 e. The Bertz CT molecular complexity index is 927. The van der Waals surface area contributed by atoms with Gasteiger partial charge in [-0.05, 0) is 35.4 Å². The van der Waals surface area contributed by atoms with E-state index in [-0.39, 0.29) is 0 Å². The van der Waals surface area contributed by atoms with Crippen molar-refractivity contribution in [1.29, 1.82) is 0 Å². The van der Waals surface area contributed by atoms with Gasteiger partial charge in [-0.25, -0.2) is 4.98 Å². The molecule has 0 aliphatic carbocycles. The van der Waals surface area contributed by atoms with Crippen LogP contribution in [0.1, 0.15) is 11.1 Å². The fraction of sp³-hybridized carbons (Fsp3) is 0.0952. The zero-order chi connectivity index (χ0) is 16.2. The van der Waals surface area contributed by atoms with Crippen molar-refractivity contribution in [3.8, 4) is 5.75 Å². The lowest BCUT2D eigenvalue weighted by Gasteiger charge is -2.08. The SMILES string of the molecule is c1ccc(COc2ccc(Cn3cnc4ccccc43)cc2)cc1. The first kappa shape index (κ1) is 14.5. The van der Waals surface area contributed by atoms with E-state index in [0.29, 0.717) is 6.61 Å². The van der Waals surface area contributed by atoms with Crippen LogP contribution in [0.15, 0.2) is 85.2 Å². The highest BCUT2D eigenvalue weighted by atomic mass is 16.5. The van der Waals surface area contributed by atoms with E-state index in [0.717, 1.165) is 23.3 Å². The van der Waals surface area contributed by atoms with E-state index in [9.17, 15) is 0 Å². The molecular weight excluding hydrogens is 296 g/mol. The first-order chi connectivity index (χ1) is 11.9. The van der Waals surface area contributed by atoms with Crippen molar-refractivity contribution in [1.82, 2.24) is 9.55 Å². The third kappa shape index (κ3) is 3.15. The van der Waals surface area contributed by atoms with E-state index < -0.39 is 0 Å². The van der Waals surface area contributed by atoms with E-state index >= 15 is 0 Å². The molecule has 0 bridgehead atoms. The van der Waals surface area contributed by atoms with Gasteiger partial charge >= 0.3 is 0 Å². The van der Waals surface area contributed by atoms with Crippen LogP contribution in [0, 0.1) is 0 Å². The second kappa shape index (κ2) is 6.59. The van der Waals surface area contributed by atoms with E-state index in [1.165, 1.54) is 11.1 Å². The third-order valence-corrected chi connectivity index (χ3v) is 4.05. The topological polar surface area (TPSA) is 27.1 Å². The molecule has 24 heavy (non-hydrogen) atoms. The molecule has 0 spiro atoms. The van der Waals surface area contributed by atoms with Crippen molar-refractivity contribution in [2.45, 2.75) is 13.2 Å². The predicted octanol–water partition coefficient (Wildman–Crippen LogP) is 4.66. The van der Waals surface area contributed by atoms with Crippen LogP contribution < -0.4 is 4.74 Å². The number of aromatic nitrogens is 2. The van der Waals surface area contributed by atoms with Gasteiger partial charge in [0, 0.05) is 6.54 Å². The Labute approximate surface area is 141 Å². The minimum atomic E-state index is 0.590. The molecule has 0 saturated carbocycles. The number of fused-ring (bicyclic) bond motifs is 1. The molecule has 0 aliphatic heterocycles. The summed E-state index contributed by atoms with van der Waals surface area (Å²) in [4.78, 5) is 4.43. The molecule has 4 aromatic rings. The van der Waals surface area contributed by atoms with Crippen LogP contribution in [-0.2, 0) is 13.2 Å². The number of para-hydroxylation sites is 2. The monoisotopic (exact) mass is 314 g/mol.